The summed E-state index contributed by atoms with van der Waals surface area (Å²) in [7, 11) is 0. The van der Waals surface area contributed by atoms with Crippen molar-refractivity contribution in [1.29, 1.82) is 0 Å². The first-order chi connectivity index (χ1) is 8.11. The van der Waals surface area contributed by atoms with E-state index in [4.69, 9.17) is 23.2 Å². The quantitative estimate of drug-likeness (QED) is 0.440. The largest absolute Gasteiger partial charge is 0.504 e. The molecule has 96 valence electrons. The maximum Gasteiger partial charge on any atom is 0.160 e. The number of para-hydroxylation sites is 1. The van der Waals surface area contributed by atoms with E-state index in [1.807, 2.05) is 6.07 Å². The standard InChI is InChI=1S/C13H18Cl2O2/c14-12(15)9-4-2-1-3-6-10-7-5-8-11(16)13(10)17/h5,7-8,12,16-17H,1-4,6,9H2. The van der Waals surface area contributed by atoms with Crippen molar-refractivity contribution in [3.63, 3.8) is 0 Å². The smallest absolute Gasteiger partial charge is 0.160 e. The van der Waals surface area contributed by atoms with E-state index in [-0.39, 0.29) is 16.3 Å². The van der Waals surface area contributed by atoms with E-state index in [1.54, 1.807) is 6.07 Å². The van der Waals surface area contributed by atoms with Crippen molar-refractivity contribution in [2.45, 2.75) is 43.4 Å². The molecule has 0 saturated heterocycles. The van der Waals surface area contributed by atoms with Crippen LogP contribution in [0, 0.1) is 0 Å². The number of aromatic hydroxyl groups is 2. The topological polar surface area (TPSA) is 40.5 Å². The van der Waals surface area contributed by atoms with Crippen molar-refractivity contribution in [1.82, 2.24) is 0 Å². The molecule has 0 radical (unpaired) electrons. The van der Waals surface area contributed by atoms with Crippen LogP contribution in [0.5, 0.6) is 11.5 Å². The summed E-state index contributed by atoms with van der Waals surface area (Å²) in [6, 6.07) is 5.07. The molecule has 1 rings (SSSR count). The van der Waals surface area contributed by atoms with Gasteiger partial charge in [0.15, 0.2) is 11.5 Å². The summed E-state index contributed by atoms with van der Waals surface area (Å²) in [6.45, 7) is 0. The Morgan fingerprint density at radius 2 is 1.71 bits per heavy atom. The molecule has 4 heteroatoms. The number of hydrogen-bond acceptors (Lipinski definition) is 2. The van der Waals surface area contributed by atoms with Gasteiger partial charge < -0.3 is 10.2 Å². The molecule has 0 aliphatic carbocycles. The lowest BCUT2D eigenvalue weighted by Crippen LogP contribution is -1.89. The maximum absolute atomic E-state index is 9.59. The lowest BCUT2D eigenvalue weighted by molar-refractivity contribution is 0.398. The first-order valence-electron chi connectivity index (χ1n) is 5.89. The molecule has 0 atom stereocenters. The molecule has 0 fully saturated rings. The Morgan fingerprint density at radius 1 is 1.00 bits per heavy atom. The molecular weight excluding hydrogens is 259 g/mol. The molecule has 0 aromatic heterocycles. The number of benzene rings is 1. The maximum atomic E-state index is 9.59. The second kappa shape index (κ2) is 7.67. The number of hydrogen-bond donors (Lipinski definition) is 2. The molecule has 0 heterocycles. The fourth-order valence-electron chi connectivity index (χ4n) is 1.75. The average Bonchev–Trinajstić information content (AvgIpc) is 2.28. The zero-order valence-electron chi connectivity index (χ0n) is 9.70. The third-order valence-corrected chi connectivity index (χ3v) is 3.15. The van der Waals surface area contributed by atoms with Crippen molar-refractivity contribution in [3.05, 3.63) is 23.8 Å². The second-order valence-electron chi connectivity index (χ2n) is 4.13. The summed E-state index contributed by atoms with van der Waals surface area (Å²) in [4.78, 5) is -0.259. The van der Waals surface area contributed by atoms with Crippen LogP contribution in [-0.2, 0) is 6.42 Å². The Bertz CT molecular complexity index is 340. The summed E-state index contributed by atoms with van der Waals surface area (Å²) in [5, 5.41) is 18.9. The fourth-order valence-corrected chi connectivity index (χ4v) is 2.06. The molecule has 17 heavy (non-hydrogen) atoms. The fraction of sp³-hybridized carbons (Fsp3) is 0.538. The third-order valence-electron chi connectivity index (χ3n) is 2.72. The van der Waals surface area contributed by atoms with Crippen molar-refractivity contribution in [2.24, 2.45) is 0 Å². The number of aryl methyl sites for hydroxylation is 1. The highest BCUT2D eigenvalue weighted by atomic mass is 35.5. The van der Waals surface area contributed by atoms with Gasteiger partial charge in [-0.15, -0.1) is 23.2 Å². The zero-order chi connectivity index (χ0) is 12.7. The number of phenols is 2. The summed E-state index contributed by atoms with van der Waals surface area (Å²) in [5.41, 5.74) is 0.803. The van der Waals surface area contributed by atoms with Gasteiger partial charge in [-0.2, -0.15) is 0 Å². The van der Waals surface area contributed by atoms with E-state index >= 15 is 0 Å². The van der Waals surface area contributed by atoms with Crippen LogP contribution in [0.25, 0.3) is 0 Å². The Morgan fingerprint density at radius 3 is 2.41 bits per heavy atom. The zero-order valence-corrected chi connectivity index (χ0v) is 11.2. The van der Waals surface area contributed by atoms with E-state index in [0.29, 0.717) is 0 Å². The number of alkyl halides is 2. The minimum absolute atomic E-state index is 0.00841. The van der Waals surface area contributed by atoms with Crippen molar-refractivity contribution in [2.75, 3.05) is 0 Å². The van der Waals surface area contributed by atoms with Crippen molar-refractivity contribution in [3.8, 4) is 11.5 Å². The normalized spacial score (nSPS) is 11.0. The highest BCUT2D eigenvalue weighted by molar-refractivity contribution is 6.44. The van der Waals surface area contributed by atoms with Gasteiger partial charge in [-0.3, -0.25) is 0 Å². The minimum Gasteiger partial charge on any atom is -0.504 e. The van der Waals surface area contributed by atoms with Gasteiger partial charge >= 0.3 is 0 Å². The molecule has 1 aromatic carbocycles. The Hall–Kier alpha value is -0.600. The number of rotatable bonds is 7. The Kier molecular flexibility index (Phi) is 6.53. The predicted octanol–water partition coefficient (Wildman–Crippen LogP) is 4.39. The van der Waals surface area contributed by atoms with Gasteiger partial charge in [0.2, 0.25) is 0 Å². The molecule has 0 aliphatic heterocycles. The lowest BCUT2D eigenvalue weighted by Gasteiger charge is -2.06. The second-order valence-corrected chi connectivity index (χ2v) is 5.41. The van der Waals surface area contributed by atoms with Crippen LogP contribution in [-0.4, -0.2) is 15.0 Å². The summed E-state index contributed by atoms with van der Waals surface area (Å²) < 4.78 is 0. The van der Waals surface area contributed by atoms with Crippen LogP contribution in [0.2, 0.25) is 0 Å². The van der Waals surface area contributed by atoms with E-state index in [1.165, 1.54) is 6.07 Å². The molecule has 0 unspecified atom stereocenters. The molecule has 1 aromatic rings. The van der Waals surface area contributed by atoms with Gasteiger partial charge in [-0.25, -0.2) is 0 Å². The van der Waals surface area contributed by atoms with Crippen LogP contribution < -0.4 is 0 Å². The van der Waals surface area contributed by atoms with Crippen LogP contribution in [0.1, 0.15) is 37.7 Å². The van der Waals surface area contributed by atoms with E-state index < -0.39 is 0 Å². The van der Waals surface area contributed by atoms with Gasteiger partial charge in [0.25, 0.3) is 0 Å². The van der Waals surface area contributed by atoms with E-state index in [2.05, 4.69) is 0 Å². The summed E-state index contributed by atoms with van der Waals surface area (Å²) in [6.07, 6.45) is 5.81. The highest BCUT2D eigenvalue weighted by Crippen LogP contribution is 2.29. The van der Waals surface area contributed by atoms with Gasteiger partial charge in [0.1, 0.15) is 4.84 Å². The van der Waals surface area contributed by atoms with Crippen LogP contribution in [0.3, 0.4) is 0 Å². The molecule has 0 spiro atoms. The van der Waals surface area contributed by atoms with Crippen molar-refractivity contribution < 1.29 is 10.2 Å². The average molecular weight is 277 g/mol. The highest BCUT2D eigenvalue weighted by Gasteiger charge is 2.05. The number of halogens is 2. The first-order valence-corrected chi connectivity index (χ1v) is 6.76. The van der Waals surface area contributed by atoms with Gasteiger partial charge in [0.05, 0.1) is 0 Å². The molecule has 0 aliphatic rings. The summed E-state index contributed by atoms with van der Waals surface area (Å²) in [5.74, 6) is -0.0382. The van der Waals surface area contributed by atoms with Gasteiger partial charge in [-0.05, 0) is 30.9 Å². The Balaban J connectivity index is 2.20. The Labute approximate surface area is 112 Å². The lowest BCUT2D eigenvalue weighted by atomic mass is 10.0. The van der Waals surface area contributed by atoms with E-state index in [0.717, 1.165) is 44.1 Å². The van der Waals surface area contributed by atoms with Crippen molar-refractivity contribution >= 4 is 23.2 Å². The monoisotopic (exact) mass is 276 g/mol. The first kappa shape index (κ1) is 14.5. The number of unbranched alkanes of at least 4 members (excludes halogenated alkanes) is 3. The van der Waals surface area contributed by atoms with Gasteiger partial charge in [-0.1, -0.05) is 31.4 Å². The molecule has 0 bridgehead atoms. The molecule has 0 saturated carbocycles. The molecular formula is C13H18Cl2O2. The van der Waals surface area contributed by atoms with Crippen LogP contribution in [0.4, 0.5) is 0 Å². The number of phenolic OH excluding ortho intramolecular Hbond substituents is 2. The van der Waals surface area contributed by atoms with Crippen LogP contribution >= 0.6 is 23.2 Å². The molecule has 0 amide bonds. The minimum atomic E-state index is -0.259. The molecule has 2 N–H and O–H groups in total. The predicted molar refractivity (Wildman–Crippen MR) is 72.1 cm³/mol. The van der Waals surface area contributed by atoms with Gasteiger partial charge in [0, 0.05) is 0 Å². The molecule has 2 nitrogen and oxygen atoms in total. The van der Waals surface area contributed by atoms with E-state index in [9.17, 15) is 10.2 Å². The summed E-state index contributed by atoms with van der Waals surface area (Å²) >= 11 is 11.3. The third kappa shape index (κ3) is 5.51. The van der Waals surface area contributed by atoms with Crippen LogP contribution in [0.15, 0.2) is 18.2 Å². The SMILES string of the molecule is Oc1cccc(CCCCCCC(Cl)Cl)c1O.